The Balaban J connectivity index is 1.56. The molecule has 3 nitrogen and oxygen atoms in total. The number of hydrogen-bond acceptors (Lipinski definition) is 4. The van der Waals surface area contributed by atoms with Crippen LogP contribution in [0.25, 0.3) is 0 Å². The highest BCUT2D eigenvalue weighted by Crippen LogP contribution is 2.47. The summed E-state index contributed by atoms with van der Waals surface area (Å²) in [7, 11) is 0. The van der Waals surface area contributed by atoms with E-state index >= 15 is 0 Å². The van der Waals surface area contributed by atoms with Crippen LogP contribution in [0.5, 0.6) is 0 Å². The highest BCUT2D eigenvalue weighted by molar-refractivity contribution is 7.97. The SMILES string of the molecule is C=CC12CC(C=N)=C(Nc3ccc(C)cc3)C=C1CCN(Sc1cccc(C)c1)C2. The van der Waals surface area contributed by atoms with Gasteiger partial charge in [-0.05, 0) is 80.1 Å². The molecule has 0 amide bonds. The van der Waals surface area contributed by atoms with E-state index < -0.39 is 0 Å². The van der Waals surface area contributed by atoms with Gasteiger partial charge < -0.3 is 10.7 Å². The molecule has 0 radical (unpaired) electrons. The molecule has 1 fully saturated rings. The van der Waals surface area contributed by atoms with Crippen molar-refractivity contribution in [3.8, 4) is 0 Å². The van der Waals surface area contributed by atoms with Gasteiger partial charge in [0.1, 0.15) is 0 Å². The van der Waals surface area contributed by atoms with Gasteiger partial charge in [-0.3, -0.25) is 0 Å². The molecule has 4 rings (SSSR count). The first-order valence-corrected chi connectivity index (χ1v) is 11.2. The molecule has 4 heteroatoms. The van der Waals surface area contributed by atoms with E-state index in [0.29, 0.717) is 0 Å². The molecule has 1 heterocycles. The predicted octanol–water partition coefficient (Wildman–Crippen LogP) is 6.53. The highest BCUT2D eigenvalue weighted by atomic mass is 32.2. The zero-order valence-corrected chi connectivity index (χ0v) is 18.6. The number of nitrogens with one attached hydrogen (secondary N) is 2. The largest absolute Gasteiger partial charge is 0.355 e. The summed E-state index contributed by atoms with van der Waals surface area (Å²) in [5.74, 6) is 0. The predicted molar refractivity (Wildman–Crippen MR) is 129 cm³/mol. The van der Waals surface area contributed by atoms with Crippen molar-refractivity contribution in [1.82, 2.24) is 4.31 Å². The molecule has 0 spiro atoms. The van der Waals surface area contributed by atoms with Crippen LogP contribution >= 0.6 is 11.9 Å². The fraction of sp³-hybridized carbons (Fsp3) is 0.269. The molecule has 154 valence electrons. The van der Waals surface area contributed by atoms with Gasteiger partial charge in [0, 0.05) is 41.0 Å². The second-order valence-corrected chi connectivity index (χ2v) is 9.47. The molecule has 0 aromatic heterocycles. The first kappa shape index (κ1) is 20.7. The number of rotatable bonds is 6. The van der Waals surface area contributed by atoms with E-state index in [-0.39, 0.29) is 5.41 Å². The zero-order valence-electron chi connectivity index (χ0n) is 17.7. The summed E-state index contributed by atoms with van der Waals surface area (Å²) in [5.41, 5.74) is 6.97. The lowest BCUT2D eigenvalue weighted by Crippen LogP contribution is -2.42. The summed E-state index contributed by atoms with van der Waals surface area (Å²) in [6.45, 7) is 10.4. The van der Waals surface area contributed by atoms with Crippen molar-refractivity contribution in [3.05, 3.63) is 95.2 Å². The summed E-state index contributed by atoms with van der Waals surface area (Å²) in [6.07, 6.45) is 7.69. The maximum absolute atomic E-state index is 8.04. The van der Waals surface area contributed by atoms with Crippen LogP contribution < -0.4 is 5.32 Å². The molecule has 30 heavy (non-hydrogen) atoms. The summed E-state index contributed by atoms with van der Waals surface area (Å²) in [4.78, 5) is 1.28. The minimum atomic E-state index is -0.111. The molecule has 1 saturated heterocycles. The minimum Gasteiger partial charge on any atom is -0.355 e. The van der Waals surface area contributed by atoms with E-state index in [1.54, 1.807) is 0 Å². The number of anilines is 1. The average Bonchev–Trinajstić information content (AvgIpc) is 2.75. The third-order valence-electron chi connectivity index (χ3n) is 6.02. The molecular weight excluding hydrogens is 386 g/mol. The highest BCUT2D eigenvalue weighted by Gasteiger charge is 2.40. The van der Waals surface area contributed by atoms with Crippen LogP contribution in [0, 0.1) is 24.7 Å². The fourth-order valence-corrected chi connectivity index (χ4v) is 5.43. The van der Waals surface area contributed by atoms with E-state index in [2.05, 4.69) is 90.7 Å². The Morgan fingerprint density at radius 1 is 1.13 bits per heavy atom. The van der Waals surface area contributed by atoms with Crippen LogP contribution in [-0.2, 0) is 0 Å². The summed E-state index contributed by atoms with van der Waals surface area (Å²) >= 11 is 1.83. The first-order chi connectivity index (χ1) is 14.5. The Kier molecular flexibility index (Phi) is 5.98. The third-order valence-corrected chi connectivity index (χ3v) is 7.05. The number of piperidine rings is 1. The molecular formula is C26H29N3S. The van der Waals surface area contributed by atoms with Gasteiger partial charge in [0.25, 0.3) is 0 Å². The van der Waals surface area contributed by atoms with Crippen molar-refractivity contribution in [3.63, 3.8) is 0 Å². The molecule has 1 aliphatic carbocycles. The van der Waals surface area contributed by atoms with Gasteiger partial charge in [-0.1, -0.05) is 41.5 Å². The molecule has 2 aromatic carbocycles. The van der Waals surface area contributed by atoms with E-state index in [1.165, 1.54) is 27.8 Å². The van der Waals surface area contributed by atoms with E-state index in [0.717, 1.165) is 42.9 Å². The normalized spacial score (nSPS) is 21.6. The smallest absolute Gasteiger partial charge is 0.0432 e. The lowest BCUT2D eigenvalue weighted by Gasteiger charge is -2.45. The average molecular weight is 416 g/mol. The van der Waals surface area contributed by atoms with Gasteiger partial charge in [-0.15, -0.1) is 6.58 Å². The number of benzene rings is 2. The van der Waals surface area contributed by atoms with E-state index in [1.807, 2.05) is 11.9 Å². The van der Waals surface area contributed by atoms with Crippen molar-refractivity contribution >= 4 is 23.8 Å². The van der Waals surface area contributed by atoms with Crippen molar-refractivity contribution in [2.75, 3.05) is 18.4 Å². The Bertz CT molecular complexity index is 1020. The molecule has 1 aliphatic heterocycles. The Labute approximate surface area is 184 Å². The maximum Gasteiger partial charge on any atom is 0.0432 e. The zero-order chi connectivity index (χ0) is 21.1. The van der Waals surface area contributed by atoms with Gasteiger partial charge in [0.15, 0.2) is 0 Å². The summed E-state index contributed by atoms with van der Waals surface area (Å²) in [5, 5.41) is 11.6. The van der Waals surface area contributed by atoms with Crippen LogP contribution in [0.4, 0.5) is 5.69 Å². The molecule has 2 N–H and O–H groups in total. The van der Waals surface area contributed by atoms with Crippen molar-refractivity contribution in [1.29, 1.82) is 5.41 Å². The van der Waals surface area contributed by atoms with Crippen LogP contribution in [-0.4, -0.2) is 23.6 Å². The van der Waals surface area contributed by atoms with Gasteiger partial charge >= 0.3 is 0 Å². The van der Waals surface area contributed by atoms with Crippen LogP contribution in [0.3, 0.4) is 0 Å². The standard InChI is InChI=1S/C26H29N3S/c1-4-26-16-21(17-27)25(28-23-10-8-19(2)9-11-23)15-22(26)12-13-29(18-26)30-24-7-5-6-20(3)14-24/h4-11,14-15,17,27-28H,1,12-13,16,18H2,2-3H3. The lowest BCUT2D eigenvalue weighted by molar-refractivity contribution is 0.278. The Hall–Kier alpha value is -2.56. The maximum atomic E-state index is 8.04. The summed E-state index contributed by atoms with van der Waals surface area (Å²) in [6, 6.07) is 17.1. The Morgan fingerprint density at radius 2 is 1.93 bits per heavy atom. The molecule has 1 unspecified atom stereocenters. The number of fused-ring (bicyclic) bond motifs is 1. The van der Waals surface area contributed by atoms with Gasteiger partial charge in [-0.25, -0.2) is 4.31 Å². The van der Waals surface area contributed by atoms with Crippen molar-refractivity contribution in [2.45, 2.75) is 31.6 Å². The van der Waals surface area contributed by atoms with Crippen LogP contribution in [0.2, 0.25) is 0 Å². The fourth-order valence-electron chi connectivity index (χ4n) is 4.28. The lowest BCUT2D eigenvalue weighted by atomic mass is 9.69. The molecule has 0 saturated carbocycles. The van der Waals surface area contributed by atoms with Crippen LogP contribution in [0.15, 0.2) is 89.0 Å². The quantitative estimate of drug-likeness (QED) is 0.320. The number of aryl methyl sites for hydroxylation is 2. The molecule has 0 bridgehead atoms. The second kappa shape index (κ2) is 8.66. The number of hydrogen-bond donors (Lipinski definition) is 2. The van der Waals surface area contributed by atoms with Gasteiger partial charge in [0.2, 0.25) is 0 Å². The third kappa shape index (κ3) is 4.30. The minimum absolute atomic E-state index is 0.111. The van der Waals surface area contributed by atoms with Crippen molar-refractivity contribution in [2.24, 2.45) is 5.41 Å². The topological polar surface area (TPSA) is 39.1 Å². The number of allylic oxidation sites excluding steroid dienone is 2. The summed E-state index contributed by atoms with van der Waals surface area (Å²) < 4.78 is 2.45. The van der Waals surface area contributed by atoms with E-state index in [9.17, 15) is 0 Å². The molecule has 1 atom stereocenters. The first-order valence-electron chi connectivity index (χ1n) is 10.4. The monoisotopic (exact) mass is 415 g/mol. The van der Waals surface area contributed by atoms with Gasteiger partial charge in [0.05, 0.1) is 0 Å². The van der Waals surface area contributed by atoms with Gasteiger partial charge in [-0.2, -0.15) is 0 Å². The molecule has 2 aliphatic rings. The van der Waals surface area contributed by atoms with E-state index in [4.69, 9.17) is 5.41 Å². The number of nitrogens with zero attached hydrogens (tertiary/aromatic N) is 1. The van der Waals surface area contributed by atoms with Crippen molar-refractivity contribution < 1.29 is 0 Å². The second-order valence-electron chi connectivity index (χ2n) is 8.30. The van der Waals surface area contributed by atoms with Crippen LogP contribution in [0.1, 0.15) is 24.0 Å². The Morgan fingerprint density at radius 3 is 2.63 bits per heavy atom. The molecule has 2 aromatic rings.